The number of methoxy groups -OCH3 is 2. The first-order valence-corrected chi connectivity index (χ1v) is 10.3. The highest BCUT2D eigenvalue weighted by atomic mass is 16.5. The Hall–Kier alpha value is -2.09. The van der Waals surface area contributed by atoms with Crippen LogP contribution >= 0.6 is 0 Å². The largest absolute Gasteiger partial charge is 0.497 e. The zero-order valence-corrected chi connectivity index (χ0v) is 17.1. The third-order valence-corrected chi connectivity index (χ3v) is 7.43. The van der Waals surface area contributed by atoms with E-state index in [1.165, 1.54) is 14.0 Å². The lowest BCUT2D eigenvalue weighted by molar-refractivity contribution is -0.237. The summed E-state index contributed by atoms with van der Waals surface area (Å²) in [7, 11) is 3.06. The molecule has 0 spiro atoms. The maximum absolute atomic E-state index is 13.4. The van der Waals surface area contributed by atoms with Crippen LogP contribution in [-0.4, -0.2) is 65.2 Å². The fourth-order valence-electron chi connectivity index (χ4n) is 6.39. The van der Waals surface area contributed by atoms with Crippen LogP contribution in [0.25, 0.3) is 10.9 Å². The number of nitrogens with zero attached hydrogens (tertiary/aromatic N) is 1. The van der Waals surface area contributed by atoms with Crippen molar-refractivity contribution in [3.05, 3.63) is 29.5 Å². The Kier molecular flexibility index (Phi) is 4.04. The molecule has 3 aliphatic heterocycles. The molecule has 1 aromatic heterocycles. The molecule has 6 rings (SSSR count). The summed E-state index contributed by atoms with van der Waals surface area (Å²) < 4.78 is 10.7. The summed E-state index contributed by atoms with van der Waals surface area (Å²) in [5.41, 5.74) is 1.99. The maximum atomic E-state index is 13.4. The second-order valence-corrected chi connectivity index (χ2v) is 9.05. The lowest BCUT2D eigenvalue weighted by Gasteiger charge is -2.59. The quantitative estimate of drug-likeness (QED) is 0.535. The lowest BCUT2D eigenvalue weighted by Crippen LogP contribution is -2.70. The Morgan fingerprint density at radius 2 is 2.14 bits per heavy atom. The van der Waals surface area contributed by atoms with E-state index in [0.717, 1.165) is 47.4 Å². The second kappa shape index (κ2) is 6.20. The summed E-state index contributed by atoms with van der Waals surface area (Å²) in [5, 5.41) is 22.3. The fraction of sp³-hybridized carbons (Fsp3) is 0.591. The van der Waals surface area contributed by atoms with Crippen LogP contribution in [0.3, 0.4) is 0 Å². The number of fused-ring (bicyclic) bond motifs is 4. The third-order valence-electron chi connectivity index (χ3n) is 7.43. The molecule has 29 heavy (non-hydrogen) atoms. The van der Waals surface area contributed by atoms with Gasteiger partial charge in [0, 0.05) is 47.7 Å². The molecule has 3 N–H and O–H groups in total. The summed E-state index contributed by atoms with van der Waals surface area (Å²) in [6.07, 6.45) is 2.15. The van der Waals surface area contributed by atoms with E-state index in [1.54, 1.807) is 7.11 Å². The third kappa shape index (κ3) is 2.50. The number of esters is 1. The predicted molar refractivity (Wildman–Crippen MR) is 107 cm³/mol. The zero-order valence-electron chi connectivity index (χ0n) is 17.1. The van der Waals surface area contributed by atoms with Crippen molar-refractivity contribution in [1.29, 1.82) is 0 Å². The highest BCUT2D eigenvalue weighted by molar-refractivity contribution is 5.92. The van der Waals surface area contributed by atoms with Crippen molar-refractivity contribution in [2.24, 2.45) is 11.8 Å². The molecule has 7 heteroatoms. The molecule has 1 saturated carbocycles. The minimum absolute atomic E-state index is 0.203. The molecule has 4 bridgehead atoms. The van der Waals surface area contributed by atoms with Crippen molar-refractivity contribution in [2.75, 3.05) is 27.3 Å². The van der Waals surface area contributed by atoms with Gasteiger partial charge in [-0.1, -0.05) is 0 Å². The van der Waals surface area contributed by atoms with Crippen molar-refractivity contribution >= 4 is 16.9 Å². The monoisotopic (exact) mass is 400 g/mol. The van der Waals surface area contributed by atoms with E-state index in [1.807, 2.05) is 18.2 Å². The molecule has 2 saturated heterocycles. The molecule has 0 radical (unpaired) electrons. The average Bonchev–Trinajstić information content (AvgIpc) is 3.04. The van der Waals surface area contributed by atoms with Gasteiger partial charge in [-0.15, -0.1) is 0 Å². The van der Waals surface area contributed by atoms with E-state index in [9.17, 15) is 15.0 Å². The van der Waals surface area contributed by atoms with Crippen LogP contribution in [0, 0.1) is 11.8 Å². The van der Waals surface area contributed by atoms with Gasteiger partial charge in [0.1, 0.15) is 11.2 Å². The Morgan fingerprint density at radius 1 is 1.34 bits per heavy atom. The number of carbonyl (C=O) groups excluding carboxylic acids is 1. The molecule has 3 fully saturated rings. The number of rotatable bonds is 3. The minimum Gasteiger partial charge on any atom is -0.497 e. The van der Waals surface area contributed by atoms with E-state index >= 15 is 0 Å². The molecule has 1 unspecified atom stereocenters. The maximum Gasteiger partial charge on any atom is 0.319 e. The molecule has 2 aromatic rings. The lowest BCUT2D eigenvalue weighted by atomic mass is 9.55. The van der Waals surface area contributed by atoms with Gasteiger partial charge in [0.25, 0.3) is 0 Å². The van der Waals surface area contributed by atoms with Crippen molar-refractivity contribution < 1.29 is 24.5 Å². The van der Waals surface area contributed by atoms with E-state index in [2.05, 4.69) is 9.88 Å². The normalized spacial score (nSPS) is 33.3. The Morgan fingerprint density at radius 3 is 2.83 bits per heavy atom. The van der Waals surface area contributed by atoms with E-state index in [4.69, 9.17) is 9.47 Å². The van der Waals surface area contributed by atoms with Crippen molar-refractivity contribution in [3.63, 3.8) is 0 Å². The molecule has 4 heterocycles. The molecule has 0 amide bonds. The highest BCUT2D eigenvalue weighted by Gasteiger charge is 2.65. The molecular formula is C22H28N2O5. The molecule has 7 nitrogen and oxygen atoms in total. The van der Waals surface area contributed by atoms with Gasteiger partial charge in [0.2, 0.25) is 0 Å². The summed E-state index contributed by atoms with van der Waals surface area (Å²) in [5.74, 6) is -1.63. The summed E-state index contributed by atoms with van der Waals surface area (Å²) >= 11 is 0. The van der Waals surface area contributed by atoms with Gasteiger partial charge in [-0.3, -0.25) is 9.69 Å². The number of carbonyl (C=O) groups is 1. The SMILES string of the molecule is COC(=O)[C@@]12C[C@@H]3C[C@H](C(C)(O)O)[C@@H]1N(CCc1c2[nH]c2cc(OC)ccc12)C3. The number of piperidine rings is 2. The first-order valence-electron chi connectivity index (χ1n) is 10.3. The van der Waals surface area contributed by atoms with Gasteiger partial charge in [-0.05, 0) is 49.8 Å². The number of ether oxygens (including phenoxy) is 2. The summed E-state index contributed by atoms with van der Waals surface area (Å²) in [6.45, 7) is 3.10. The smallest absolute Gasteiger partial charge is 0.319 e. The number of benzene rings is 1. The van der Waals surface area contributed by atoms with Crippen LogP contribution in [0.2, 0.25) is 0 Å². The highest BCUT2D eigenvalue weighted by Crippen LogP contribution is 2.56. The van der Waals surface area contributed by atoms with Gasteiger partial charge in [-0.2, -0.15) is 0 Å². The van der Waals surface area contributed by atoms with E-state index < -0.39 is 17.1 Å². The van der Waals surface area contributed by atoms with Gasteiger partial charge in [-0.25, -0.2) is 0 Å². The second-order valence-electron chi connectivity index (χ2n) is 9.05. The summed E-state index contributed by atoms with van der Waals surface area (Å²) in [6, 6.07) is 5.60. The fourth-order valence-corrected chi connectivity index (χ4v) is 6.39. The van der Waals surface area contributed by atoms with E-state index in [-0.39, 0.29) is 17.9 Å². The molecule has 1 aromatic carbocycles. The van der Waals surface area contributed by atoms with E-state index in [0.29, 0.717) is 12.8 Å². The van der Waals surface area contributed by atoms with Gasteiger partial charge >= 0.3 is 5.97 Å². The van der Waals surface area contributed by atoms with Crippen molar-refractivity contribution in [3.8, 4) is 5.75 Å². The number of aromatic nitrogens is 1. The number of aromatic amines is 1. The number of nitrogens with one attached hydrogen (secondary N) is 1. The van der Waals surface area contributed by atoms with Crippen LogP contribution < -0.4 is 4.74 Å². The first-order chi connectivity index (χ1) is 13.8. The molecule has 5 atom stereocenters. The number of aliphatic hydroxyl groups is 2. The molecule has 156 valence electrons. The van der Waals surface area contributed by atoms with Crippen LogP contribution in [0.15, 0.2) is 18.2 Å². The average molecular weight is 400 g/mol. The van der Waals surface area contributed by atoms with Crippen LogP contribution in [0.5, 0.6) is 5.75 Å². The number of hydrogen-bond acceptors (Lipinski definition) is 6. The van der Waals surface area contributed by atoms with Gasteiger partial charge in [0.15, 0.2) is 5.79 Å². The van der Waals surface area contributed by atoms with Crippen LogP contribution in [0.1, 0.15) is 31.0 Å². The zero-order chi connectivity index (χ0) is 20.6. The van der Waals surface area contributed by atoms with Gasteiger partial charge < -0.3 is 24.7 Å². The Bertz CT molecular complexity index is 977. The Balaban J connectivity index is 1.78. The van der Waals surface area contributed by atoms with Crippen molar-refractivity contribution in [1.82, 2.24) is 9.88 Å². The molecule has 4 aliphatic rings. The predicted octanol–water partition coefficient (Wildman–Crippen LogP) is 1.55. The van der Waals surface area contributed by atoms with Crippen LogP contribution in [-0.2, 0) is 21.4 Å². The number of H-pyrrole nitrogens is 1. The minimum atomic E-state index is -1.86. The number of hydrogen-bond donors (Lipinski definition) is 3. The summed E-state index contributed by atoms with van der Waals surface area (Å²) in [4.78, 5) is 19.2. The van der Waals surface area contributed by atoms with Crippen LogP contribution in [0.4, 0.5) is 0 Å². The van der Waals surface area contributed by atoms with Gasteiger partial charge in [0.05, 0.1) is 14.2 Å². The van der Waals surface area contributed by atoms with Crippen molar-refractivity contribution in [2.45, 2.75) is 43.4 Å². The molecular weight excluding hydrogens is 372 g/mol. The Labute approximate surface area is 169 Å². The molecule has 1 aliphatic carbocycles. The standard InChI is InChI=1S/C22H28N2O5/c1-21(26,27)16-8-12-10-22(20(25)29-3)18-15(6-7-24(11-12)19(16)22)14-5-4-13(28-2)9-17(14)23-18/h4-5,9,12,16,19,23,26-27H,6-8,10-11H2,1-3H3/t12-,16-,19-,22+/m0/s1. The first kappa shape index (κ1) is 18.9. The topological polar surface area (TPSA) is 95.0 Å².